The third-order valence-electron chi connectivity index (χ3n) is 4.89. The van der Waals surface area contributed by atoms with Crippen LogP contribution in [-0.4, -0.2) is 53.4 Å². The molecule has 0 bridgehead atoms. The zero-order valence-electron chi connectivity index (χ0n) is 14.1. The summed E-state index contributed by atoms with van der Waals surface area (Å²) in [6.07, 6.45) is -2.65. The predicted molar refractivity (Wildman–Crippen MR) is 93.4 cm³/mol. The molecule has 1 unspecified atom stereocenters. The van der Waals surface area contributed by atoms with Crippen molar-refractivity contribution in [3.8, 4) is 0 Å². The Bertz CT molecular complexity index is 602. The maximum atomic E-state index is 13.2. The quantitative estimate of drug-likeness (QED) is 0.812. The standard InChI is InChI=1S/C18H23F3N2OS/c19-18(20,21)16-6-2-1-4-14(16)12-22-7-3-5-15(13-22)17(24)23-8-10-25-11-9-23/h1-2,4,6,15H,3,5,7-13H2. The minimum atomic E-state index is -4.34. The topological polar surface area (TPSA) is 23.6 Å². The van der Waals surface area contributed by atoms with Crippen LogP contribution >= 0.6 is 11.8 Å². The van der Waals surface area contributed by atoms with Crippen molar-refractivity contribution in [3.05, 3.63) is 35.4 Å². The first kappa shape index (κ1) is 18.6. The summed E-state index contributed by atoms with van der Waals surface area (Å²) in [4.78, 5) is 16.6. The summed E-state index contributed by atoms with van der Waals surface area (Å²) >= 11 is 1.86. The molecule has 138 valence electrons. The summed E-state index contributed by atoms with van der Waals surface area (Å²) in [7, 11) is 0. The number of halogens is 3. The number of benzene rings is 1. The fourth-order valence-corrected chi connectivity index (χ4v) is 4.52. The second-order valence-corrected chi connectivity index (χ2v) is 7.89. The van der Waals surface area contributed by atoms with E-state index in [9.17, 15) is 18.0 Å². The molecule has 1 aromatic carbocycles. The van der Waals surface area contributed by atoms with Crippen LogP contribution < -0.4 is 0 Å². The average molecular weight is 372 g/mol. The Labute approximate surface area is 150 Å². The zero-order valence-corrected chi connectivity index (χ0v) is 14.9. The molecule has 0 N–H and O–H groups in total. The van der Waals surface area contributed by atoms with Crippen molar-refractivity contribution >= 4 is 17.7 Å². The largest absolute Gasteiger partial charge is 0.416 e. The Hall–Kier alpha value is -1.21. The van der Waals surface area contributed by atoms with Gasteiger partial charge in [0.15, 0.2) is 0 Å². The highest BCUT2D eigenvalue weighted by Gasteiger charge is 2.34. The summed E-state index contributed by atoms with van der Waals surface area (Å²) in [6, 6.07) is 5.73. The van der Waals surface area contributed by atoms with E-state index in [1.54, 1.807) is 6.07 Å². The average Bonchev–Trinajstić information content (AvgIpc) is 2.62. The summed E-state index contributed by atoms with van der Waals surface area (Å²) < 4.78 is 39.5. The maximum absolute atomic E-state index is 13.2. The molecule has 7 heteroatoms. The van der Waals surface area contributed by atoms with Gasteiger partial charge in [0.1, 0.15) is 0 Å². The third kappa shape index (κ3) is 4.70. The number of hydrogen-bond donors (Lipinski definition) is 0. The fraction of sp³-hybridized carbons (Fsp3) is 0.611. The molecule has 0 spiro atoms. The van der Waals surface area contributed by atoms with Gasteiger partial charge in [-0.1, -0.05) is 18.2 Å². The van der Waals surface area contributed by atoms with Gasteiger partial charge in [0.2, 0.25) is 5.91 Å². The van der Waals surface area contributed by atoms with Crippen molar-refractivity contribution in [1.82, 2.24) is 9.80 Å². The monoisotopic (exact) mass is 372 g/mol. The number of carbonyl (C=O) groups excluding carboxylic acids is 1. The lowest BCUT2D eigenvalue weighted by Gasteiger charge is -2.36. The number of amides is 1. The molecule has 0 aromatic heterocycles. The van der Waals surface area contributed by atoms with Crippen LogP contribution in [0.5, 0.6) is 0 Å². The van der Waals surface area contributed by atoms with Gasteiger partial charge in [0, 0.05) is 37.7 Å². The first-order valence-electron chi connectivity index (χ1n) is 8.69. The number of alkyl halides is 3. The minimum Gasteiger partial charge on any atom is -0.341 e. The van der Waals surface area contributed by atoms with E-state index in [0.29, 0.717) is 6.54 Å². The Morgan fingerprint density at radius 1 is 1.16 bits per heavy atom. The van der Waals surface area contributed by atoms with Gasteiger partial charge in [-0.15, -0.1) is 0 Å². The van der Waals surface area contributed by atoms with Crippen molar-refractivity contribution in [3.63, 3.8) is 0 Å². The fourth-order valence-electron chi connectivity index (χ4n) is 3.62. The van der Waals surface area contributed by atoms with E-state index < -0.39 is 11.7 Å². The smallest absolute Gasteiger partial charge is 0.341 e. The molecular weight excluding hydrogens is 349 g/mol. The molecular formula is C18H23F3N2OS. The molecule has 3 nitrogen and oxygen atoms in total. The summed E-state index contributed by atoms with van der Waals surface area (Å²) in [6.45, 7) is 3.11. The van der Waals surface area contributed by atoms with E-state index in [1.807, 2.05) is 21.6 Å². The number of likely N-dealkylation sites (tertiary alicyclic amines) is 1. The zero-order chi connectivity index (χ0) is 17.9. The van der Waals surface area contributed by atoms with Crippen LogP contribution in [0.3, 0.4) is 0 Å². The maximum Gasteiger partial charge on any atom is 0.416 e. The molecule has 1 aromatic rings. The Kier molecular flexibility index (Phi) is 5.94. The molecule has 0 saturated carbocycles. The van der Waals surface area contributed by atoms with Gasteiger partial charge in [-0.05, 0) is 31.0 Å². The normalized spacial score (nSPS) is 22.8. The van der Waals surface area contributed by atoms with Gasteiger partial charge < -0.3 is 4.90 Å². The van der Waals surface area contributed by atoms with Crippen molar-refractivity contribution in [2.24, 2.45) is 5.92 Å². The molecule has 0 radical (unpaired) electrons. The van der Waals surface area contributed by atoms with Gasteiger partial charge in [-0.25, -0.2) is 0 Å². The highest BCUT2D eigenvalue weighted by Crippen LogP contribution is 2.33. The van der Waals surface area contributed by atoms with Crippen LogP contribution in [0.2, 0.25) is 0 Å². The predicted octanol–water partition coefficient (Wildman–Crippen LogP) is 3.49. The molecule has 2 saturated heterocycles. The van der Waals surface area contributed by atoms with Crippen LogP contribution in [0, 0.1) is 5.92 Å². The van der Waals surface area contributed by atoms with Gasteiger partial charge in [-0.2, -0.15) is 24.9 Å². The van der Waals surface area contributed by atoms with Crippen molar-refractivity contribution in [2.45, 2.75) is 25.6 Å². The van der Waals surface area contributed by atoms with Crippen molar-refractivity contribution in [1.29, 1.82) is 0 Å². The number of carbonyl (C=O) groups is 1. The van der Waals surface area contributed by atoms with Crippen molar-refractivity contribution in [2.75, 3.05) is 37.7 Å². The van der Waals surface area contributed by atoms with E-state index >= 15 is 0 Å². The second kappa shape index (κ2) is 7.99. The van der Waals surface area contributed by atoms with E-state index in [-0.39, 0.29) is 23.9 Å². The Balaban J connectivity index is 1.65. The molecule has 1 atom stereocenters. The summed E-state index contributed by atoms with van der Waals surface area (Å²) in [5.41, 5.74) is -0.283. The van der Waals surface area contributed by atoms with Crippen LogP contribution in [0.15, 0.2) is 24.3 Å². The van der Waals surface area contributed by atoms with Crippen molar-refractivity contribution < 1.29 is 18.0 Å². The van der Waals surface area contributed by atoms with Gasteiger partial charge >= 0.3 is 6.18 Å². The highest BCUT2D eigenvalue weighted by molar-refractivity contribution is 7.99. The molecule has 25 heavy (non-hydrogen) atoms. The van der Waals surface area contributed by atoms with Crippen LogP contribution in [0.1, 0.15) is 24.0 Å². The first-order valence-corrected chi connectivity index (χ1v) is 9.84. The van der Waals surface area contributed by atoms with Gasteiger partial charge in [0.25, 0.3) is 0 Å². The third-order valence-corrected chi connectivity index (χ3v) is 5.84. The first-order chi connectivity index (χ1) is 11.9. The van der Waals surface area contributed by atoms with Crippen LogP contribution in [0.4, 0.5) is 13.2 Å². The minimum absolute atomic E-state index is 0.0881. The van der Waals surface area contributed by atoms with Crippen LogP contribution in [-0.2, 0) is 17.5 Å². The van der Waals surface area contributed by atoms with E-state index in [4.69, 9.17) is 0 Å². The second-order valence-electron chi connectivity index (χ2n) is 6.67. The lowest BCUT2D eigenvalue weighted by molar-refractivity contribution is -0.139. The van der Waals surface area contributed by atoms with E-state index in [2.05, 4.69) is 0 Å². The Morgan fingerprint density at radius 2 is 1.88 bits per heavy atom. The molecule has 2 fully saturated rings. The number of hydrogen-bond acceptors (Lipinski definition) is 3. The number of rotatable bonds is 3. The lowest BCUT2D eigenvalue weighted by atomic mass is 9.95. The molecule has 2 aliphatic rings. The van der Waals surface area contributed by atoms with E-state index in [1.165, 1.54) is 12.1 Å². The Morgan fingerprint density at radius 3 is 2.60 bits per heavy atom. The van der Waals surface area contributed by atoms with Crippen LogP contribution in [0.25, 0.3) is 0 Å². The van der Waals surface area contributed by atoms with Gasteiger partial charge in [0.05, 0.1) is 11.5 Å². The summed E-state index contributed by atoms with van der Waals surface area (Å²) in [5, 5.41) is 0. The lowest BCUT2D eigenvalue weighted by Crippen LogP contribution is -2.47. The molecule has 3 rings (SSSR count). The molecule has 1 amide bonds. The molecule has 2 heterocycles. The number of piperidine rings is 1. The SMILES string of the molecule is O=C(C1CCCN(Cc2ccccc2C(F)(F)F)C1)N1CCSCC1. The highest BCUT2D eigenvalue weighted by atomic mass is 32.2. The number of thioether (sulfide) groups is 1. The molecule has 2 aliphatic heterocycles. The van der Waals surface area contributed by atoms with E-state index in [0.717, 1.165) is 50.0 Å². The van der Waals surface area contributed by atoms with Gasteiger partial charge in [-0.3, -0.25) is 9.69 Å². The summed E-state index contributed by atoms with van der Waals surface area (Å²) in [5.74, 6) is 2.03. The molecule has 0 aliphatic carbocycles. The number of nitrogens with zero attached hydrogens (tertiary/aromatic N) is 2.